The summed E-state index contributed by atoms with van der Waals surface area (Å²) < 4.78 is 16.1. The lowest BCUT2D eigenvalue weighted by Gasteiger charge is -2.36. The summed E-state index contributed by atoms with van der Waals surface area (Å²) >= 11 is 0. The molecule has 29 heavy (non-hydrogen) atoms. The molecule has 6 heteroatoms. The minimum absolute atomic E-state index is 0.200. The number of rotatable bonds is 8. The van der Waals surface area contributed by atoms with Gasteiger partial charge in [0.1, 0.15) is 5.75 Å². The number of nitrogens with zero attached hydrogens (tertiary/aromatic N) is 2. The lowest BCUT2D eigenvalue weighted by Crippen LogP contribution is -2.48. The second-order valence-electron chi connectivity index (χ2n) is 6.98. The first-order chi connectivity index (χ1) is 14.1. The summed E-state index contributed by atoms with van der Waals surface area (Å²) in [6, 6.07) is 14.0. The molecule has 156 valence electrons. The van der Waals surface area contributed by atoms with Crippen molar-refractivity contribution < 1.29 is 19.0 Å². The van der Waals surface area contributed by atoms with Gasteiger partial charge in [0, 0.05) is 38.3 Å². The van der Waals surface area contributed by atoms with Crippen LogP contribution < -0.4 is 19.1 Å². The molecule has 3 rings (SSSR count). The van der Waals surface area contributed by atoms with Crippen LogP contribution in [0, 0.1) is 0 Å². The Bertz CT molecular complexity index is 799. The zero-order chi connectivity index (χ0) is 20.6. The van der Waals surface area contributed by atoms with E-state index in [1.807, 2.05) is 42.2 Å². The van der Waals surface area contributed by atoms with E-state index in [4.69, 9.17) is 14.2 Å². The topological polar surface area (TPSA) is 51.2 Å². The number of carbonyl (C=O) groups excluding carboxylic acids is 1. The van der Waals surface area contributed by atoms with Gasteiger partial charge in [0.15, 0.2) is 11.5 Å². The highest BCUT2D eigenvalue weighted by molar-refractivity contribution is 5.77. The average molecular weight is 399 g/mol. The highest BCUT2D eigenvalue weighted by atomic mass is 16.5. The molecule has 0 bridgehead atoms. The predicted molar refractivity (Wildman–Crippen MR) is 114 cm³/mol. The molecule has 0 aromatic heterocycles. The quantitative estimate of drug-likeness (QED) is 0.682. The van der Waals surface area contributed by atoms with E-state index in [1.165, 1.54) is 5.69 Å². The number of ether oxygens (including phenoxy) is 3. The number of carbonyl (C=O) groups is 1. The molecule has 0 N–H and O–H groups in total. The summed E-state index contributed by atoms with van der Waals surface area (Å²) in [4.78, 5) is 16.9. The molecule has 6 nitrogen and oxygen atoms in total. The van der Waals surface area contributed by atoms with Crippen molar-refractivity contribution in [2.75, 3.05) is 51.9 Å². The molecule has 0 spiro atoms. The molecule has 2 aromatic carbocycles. The van der Waals surface area contributed by atoms with Crippen LogP contribution in [0.15, 0.2) is 42.5 Å². The van der Waals surface area contributed by atoms with Gasteiger partial charge in [-0.3, -0.25) is 4.79 Å². The summed E-state index contributed by atoms with van der Waals surface area (Å²) in [6.45, 7) is 5.83. The molecule has 1 heterocycles. The van der Waals surface area contributed by atoms with Crippen LogP contribution in [0.4, 0.5) is 5.69 Å². The number of anilines is 1. The molecule has 1 aliphatic heterocycles. The Morgan fingerprint density at radius 3 is 2.24 bits per heavy atom. The number of methoxy groups -OCH3 is 2. The Kier molecular flexibility index (Phi) is 7.22. The maximum absolute atomic E-state index is 12.6. The smallest absolute Gasteiger partial charge is 0.223 e. The zero-order valence-corrected chi connectivity index (χ0v) is 17.5. The second-order valence-corrected chi connectivity index (χ2v) is 6.98. The van der Waals surface area contributed by atoms with Crippen molar-refractivity contribution in [2.24, 2.45) is 0 Å². The Hall–Kier alpha value is -2.89. The predicted octanol–water partition coefficient (Wildman–Crippen LogP) is 3.38. The van der Waals surface area contributed by atoms with Crippen molar-refractivity contribution in [3.63, 3.8) is 0 Å². The summed E-state index contributed by atoms with van der Waals surface area (Å²) in [5.41, 5.74) is 2.25. The molecule has 0 atom stereocenters. The van der Waals surface area contributed by atoms with Gasteiger partial charge in [0.2, 0.25) is 5.91 Å². The number of hydrogen-bond acceptors (Lipinski definition) is 5. The van der Waals surface area contributed by atoms with Crippen LogP contribution in [0.3, 0.4) is 0 Å². The van der Waals surface area contributed by atoms with E-state index in [1.54, 1.807) is 14.2 Å². The Morgan fingerprint density at radius 1 is 0.931 bits per heavy atom. The third-order valence-corrected chi connectivity index (χ3v) is 5.22. The fraction of sp³-hybridized carbons (Fsp3) is 0.435. The van der Waals surface area contributed by atoms with Crippen LogP contribution in [-0.2, 0) is 11.2 Å². The van der Waals surface area contributed by atoms with Crippen molar-refractivity contribution in [3.05, 3.63) is 48.0 Å². The number of aryl methyl sites for hydroxylation is 1. The van der Waals surface area contributed by atoms with Gasteiger partial charge in [0.05, 0.1) is 20.8 Å². The van der Waals surface area contributed by atoms with Crippen LogP contribution in [0.25, 0.3) is 0 Å². The molecule has 0 unspecified atom stereocenters. The maximum atomic E-state index is 12.6. The van der Waals surface area contributed by atoms with Crippen molar-refractivity contribution in [1.29, 1.82) is 0 Å². The molecule has 0 radical (unpaired) electrons. The van der Waals surface area contributed by atoms with E-state index >= 15 is 0 Å². The number of hydrogen-bond donors (Lipinski definition) is 0. The van der Waals surface area contributed by atoms with E-state index in [0.29, 0.717) is 30.9 Å². The molecule has 0 aliphatic carbocycles. The number of piperazine rings is 1. The maximum Gasteiger partial charge on any atom is 0.223 e. The van der Waals surface area contributed by atoms with Gasteiger partial charge in [-0.05, 0) is 55.3 Å². The fourth-order valence-electron chi connectivity index (χ4n) is 3.58. The molecular formula is C23H30N2O4. The van der Waals surface area contributed by atoms with Crippen molar-refractivity contribution in [3.8, 4) is 17.2 Å². The van der Waals surface area contributed by atoms with Gasteiger partial charge in [-0.25, -0.2) is 0 Å². The Balaban J connectivity index is 1.48. The van der Waals surface area contributed by atoms with Crippen molar-refractivity contribution in [2.45, 2.75) is 19.8 Å². The SMILES string of the molecule is CCOc1ccc(N2CCN(C(=O)CCc3ccc(OC)c(OC)c3)CC2)cc1. The standard InChI is InChI=1S/C23H30N2O4/c1-4-29-20-9-7-19(8-10-20)24-13-15-25(16-14-24)23(26)12-6-18-5-11-21(27-2)22(17-18)28-3/h5,7-11,17H,4,6,12-16H2,1-3H3. The van der Waals surface area contributed by atoms with Crippen molar-refractivity contribution >= 4 is 11.6 Å². The zero-order valence-electron chi connectivity index (χ0n) is 17.5. The molecule has 2 aromatic rings. The highest BCUT2D eigenvalue weighted by Gasteiger charge is 2.21. The second kappa shape index (κ2) is 10.0. The largest absolute Gasteiger partial charge is 0.494 e. The van der Waals surface area contributed by atoms with Crippen LogP contribution in [0.1, 0.15) is 18.9 Å². The molecular weight excluding hydrogens is 368 g/mol. The van der Waals surface area contributed by atoms with E-state index in [9.17, 15) is 4.79 Å². The minimum atomic E-state index is 0.200. The first-order valence-corrected chi connectivity index (χ1v) is 10.1. The normalized spacial score (nSPS) is 13.9. The molecule has 1 fully saturated rings. The summed E-state index contributed by atoms with van der Waals surface area (Å²) in [7, 11) is 3.24. The first kappa shape index (κ1) is 20.8. The minimum Gasteiger partial charge on any atom is -0.494 e. The van der Waals surface area contributed by atoms with E-state index < -0.39 is 0 Å². The lowest BCUT2D eigenvalue weighted by molar-refractivity contribution is -0.131. The molecule has 1 saturated heterocycles. The van der Waals surface area contributed by atoms with Gasteiger partial charge in [-0.1, -0.05) is 6.07 Å². The van der Waals surface area contributed by atoms with Gasteiger partial charge in [-0.2, -0.15) is 0 Å². The van der Waals surface area contributed by atoms with Crippen LogP contribution in [0.2, 0.25) is 0 Å². The molecule has 0 saturated carbocycles. The first-order valence-electron chi connectivity index (χ1n) is 10.1. The fourth-order valence-corrected chi connectivity index (χ4v) is 3.58. The summed E-state index contributed by atoms with van der Waals surface area (Å²) in [5.74, 6) is 2.49. The lowest BCUT2D eigenvalue weighted by atomic mass is 10.1. The van der Waals surface area contributed by atoms with E-state index in [2.05, 4.69) is 17.0 Å². The Labute approximate surface area is 173 Å². The van der Waals surface area contributed by atoms with Crippen LogP contribution >= 0.6 is 0 Å². The number of amides is 1. The van der Waals surface area contributed by atoms with Gasteiger partial charge in [-0.15, -0.1) is 0 Å². The van der Waals surface area contributed by atoms with E-state index in [-0.39, 0.29) is 5.91 Å². The third-order valence-electron chi connectivity index (χ3n) is 5.22. The summed E-state index contributed by atoms with van der Waals surface area (Å²) in [6.07, 6.45) is 1.19. The summed E-state index contributed by atoms with van der Waals surface area (Å²) in [5, 5.41) is 0. The molecule has 1 aliphatic rings. The molecule has 1 amide bonds. The van der Waals surface area contributed by atoms with Gasteiger partial charge in [0.25, 0.3) is 0 Å². The number of benzene rings is 2. The third kappa shape index (κ3) is 5.34. The van der Waals surface area contributed by atoms with Crippen LogP contribution in [0.5, 0.6) is 17.2 Å². The average Bonchev–Trinajstić information content (AvgIpc) is 2.78. The van der Waals surface area contributed by atoms with E-state index in [0.717, 1.165) is 37.5 Å². The van der Waals surface area contributed by atoms with Crippen LogP contribution in [-0.4, -0.2) is 57.8 Å². The van der Waals surface area contributed by atoms with Gasteiger partial charge >= 0.3 is 0 Å². The monoisotopic (exact) mass is 398 g/mol. The Morgan fingerprint density at radius 2 is 1.62 bits per heavy atom. The highest BCUT2D eigenvalue weighted by Crippen LogP contribution is 2.28. The van der Waals surface area contributed by atoms with Gasteiger partial charge < -0.3 is 24.0 Å². The van der Waals surface area contributed by atoms with Crippen molar-refractivity contribution in [1.82, 2.24) is 4.90 Å².